The zero-order valence-corrected chi connectivity index (χ0v) is 14.4. The van der Waals surface area contributed by atoms with Gasteiger partial charge in [0.05, 0.1) is 30.4 Å². The summed E-state index contributed by atoms with van der Waals surface area (Å²) in [5.41, 5.74) is 0.721. The van der Waals surface area contributed by atoms with Crippen LogP contribution in [0.3, 0.4) is 0 Å². The lowest BCUT2D eigenvalue weighted by molar-refractivity contribution is 0.00578. The predicted octanol–water partition coefficient (Wildman–Crippen LogP) is 2.96. The summed E-state index contributed by atoms with van der Waals surface area (Å²) in [6.45, 7) is 9.91. The summed E-state index contributed by atoms with van der Waals surface area (Å²) in [4.78, 5) is 0. The van der Waals surface area contributed by atoms with E-state index in [-0.39, 0.29) is 0 Å². The maximum atomic E-state index is 6.47. The largest absolute Gasteiger partial charge is 0.496 e. The second-order valence-electron chi connectivity index (χ2n) is 6.23. The van der Waals surface area contributed by atoms with Crippen molar-refractivity contribution in [1.29, 1.82) is 0 Å². The molecule has 4 nitrogen and oxygen atoms in total. The Kier molecular flexibility index (Phi) is 4.22. The van der Waals surface area contributed by atoms with Crippen molar-refractivity contribution < 1.29 is 18.8 Å². The average Bonchev–Trinajstić information content (AvgIpc) is 2.59. The Morgan fingerprint density at radius 3 is 2.00 bits per heavy atom. The summed E-state index contributed by atoms with van der Waals surface area (Å²) in [7, 11) is 2.65. The van der Waals surface area contributed by atoms with Gasteiger partial charge in [-0.05, 0) is 40.7 Å². The molecule has 1 aromatic rings. The molecule has 0 radical (unpaired) electrons. The molecule has 21 heavy (non-hydrogen) atoms. The van der Waals surface area contributed by atoms with Crippen molar-refractivity contribution in [3.05, 3.63) is 16.7 Å². The Morgan fingerprint density at radius 1 is 1.05 bits per heavy atom. The summed E-state index contributed by atoms with van der Waals surface area (Å²) in [5, 5.41) is 0.495. The van der Waals surface area contributed by atoms with E-state index in [1.54, 1.807) is 14.2 Å². The highest BCUT2D eigenvalue weighted by Gasteiger charge is 2.52. The van der Waals surface area contributed by atoms with Gasteiger partial charge >= 0.3 is 7.12 Å². The number of halogens is 1. The van der Waals surface area contributed by atoms with Crippen LogP contribution in [0.2, 0.25) is 5.02 Å². The maximum Gasteiger partial charge on any atom is 0.496 e. The van der Waals surface area contributed by atoms with Crippen LogP contribution in [0.1, 0.15) is 33.3 Å². The van der Waals surface area contributed by atoms with Gasteiger partial charge in [0.15, 0.2) is 0 Å². The number of rotatable bonds is 3. The molecule has 1 aliphatic heterocycles. The highest BCUT2D eigenvalue weighted by molar-refractivity contribution is 6.66. The topological polar surface area (TPSA) is 36.9 Å². The number of benzene rings is 1. The Bertz CT molecular complexity index is 541. The van der Waals surface area contributed by atoms with Gasteiger partial charge in [-0.3, -0.25) is 0 Å². The SMILES string of the molecule is COc1cc(B2OC(C)(C)C(C)(C)O2)c(Cl)c(OC)c1C. The van der Waals surface area contributed by atoms with E-state index in [2.05, 4.69) is 0 Å². The first-order chi connectivity index (χ1) is 9.64. The van der Waals surface area contributed by atoms with Crippen molar-refractivity contribution in [3.63, 3.8) is 0 Å². The van der Waals surface area contributed by atoms with Gasteiger partial charge in [0.2, 0.25) is 0 Å². The van der Waals surface area contributed by atoms with Crippen molar-refractivity contribution in [3.8, 4) is 11.5 Å². The molecule has 2 rings (SSSR count). The molecule has 1 heterocycles. The van der Waals surface area contributed by atoms with Crippen LogP contribution in [0.5, 0.6) is 11.5 Å². The van der Waals surface area contributed by atoms with E-state index in [9.17, 15) is 0 Å². The summed E-state index contributed by atoms with van der Waals surface area (Å²) in [5.74, 6) is 1.28. The Labute approximate surface area is 131 Å². The molecular weight excluding hydrogens is 290 g/mol. The van der Waals surface area contributed by atoms with Crippen LogP contribution in [-0.2, 0) is 9.31 Å². The van der Waals surface area contributed by atoms with Crippen molar-refractivity contribution in [1.82, 2.24) is 0 Å². The number of methoxy groups -OCH3 is 2. The van der Waals surface area contributed by atoms with Crippen LogP contribution >= 0.6 is 11.6 Å². The molecular formula is C15H22BClO4. The van der Waals surface area contributed by atoms with Crippen molar-refractivity contribution >= 4 is 24.2 Å². The first-order valence-electron chi connectivity index (χ1n) is 6.91. The number of hydrogen-bond acceptors (Lipinski definition) is 4. The lowest BCUT2D eigenvalue weighted by Gasteiger charge is -2.32. The van der Waals surface area contributed by atoms with Crippen LogP contribution in [0, 0.1) is 6.92 Å². The van der Waals surface area contributed by atoms with Crippen molar-refractivity contribution in [2.75, 3.05) is 14.2 Å². The van der Waals surface area contributed by atoms with E-state index in [1.807, 2.05) is 40.7 Å². The standard InChI is InChI=1S/C15H22BClO4/c1-9-11(18-6)8-10(12(17)13(9)19-7)16-20-14(2,3)15(4,5)21-16/h8H,1-7H3. The van der Waals surface area contributed by atoms with Crippen LogP contribution in [0.15, 0.2) is 6.07 Å². The zero-order valence-electron chi connectivity index (χ0n) is 13.7. The third kappa shape index (κ3) is 2.63. The van der Waals surface area contributed by atoms with E-state index in [0.717, 1.165) is 11.0 Å². The Morgan fingerprint density at radius 2 is 1.57 bits per heavy atom. The molecule has 0 aromatic heterocycles. The van der Waals surface area contributed by atoms with E-state index in [1.165, 1.54) is 0 Å². The fourth-order valence-corrected chi connectivity index (χ4v) is 2.68. The van der Waals surface area contributed by atoms with Gasteiger partial charge in [-0.2, -0.15) is 0 Å². The van der Waals surface area contributed by atoms with Gasteiger partial charge < -0.3 is 18.8 Å². The molecule has 1 aromatic carbocycles. The summed E-state index contributed by atoms with van der Waals surface area (Å²) in [6, 6.07) is 1.85. The molecule has 0 atom stereocenters. The van der Waals surface area contributed by atoms with Gasteiger partial charge in [0.1, 0.15) is 11.5 Å². The van der Waals surface area contributed by atoms with E-state index >= 15 is 0 Å². The summed E-state index contributed by atoms with van der Waals surface area (Å²) in [6.07, 6.45) is 0. The molecule has 0 N–H and O–H groups in total. The molecule has 1 fully saturated rings. The normalized spacial score (nSPS) is 19.7. The molecule has 0 unspecified atom stereocenters. The average molecular weight is 313 g/mol. The maximum absolute atomic E-state index is 6.47. The first kappa shape index (κ1) is 16.5. The quantitative estimate of drug-likeness (QED) is 0.804. The molecule has 1 aliphatic rings. The Balaban J connectivity index is 2.51. The van der Waals surface area contributed by atoms with Crippen LogP contribution in [-0.4, -0.2) is 32.5 Å². The molecule has 0 spiro atoms. The third-order valence-electron chi connectivity index (χ3n) is 4.38. The molecule has 0 amide bonds. The molecule has 0 saturated carbocycles. The fraction of sp³-hybridized carbons (Fsp3) is 0.600. The van der Waals surface area contributed by atoms with Crippen molar-refractivity contribution in [2.45, 2.75) is 45.8 Å². The molecule has 6 heteroatoms. The first-order valence-corrected chi connectivity index (χ1v) is 7.29. The van der Waals surface area contributed by atoms with Gasteiger partial charge in [-0.15, -0.1) is 0 Å². The van der Waals surface area contributed by atoms with E-state index in [4.69, 9.17) is 30.4 Å². The Hall–Kier alpha value is -0.905. The molecule has 116 valence electrons. The fourth-order valence-electron chi connectivity index (χ4n) is 2.32. The summed E-state index contributed by atoms with van der Waals surface area (Å²) >= 11 is 6.47. The lowest BCUT2D eigenvalue weighted by Crippen LogP contribution is -2.41. The van der Waals surface area contributed by atoms with Gasteiger partial charge in [0, 0.05) is 11.0 Å². The number of ether oxygens (including phenoxy) is 2. The number of hydrogen-bond donors (Lipinski definition) is 0. The lowest BCUT2D eigenvalue weighted by atomic mass is 9.78. The van der Waals surface area contributed by atoms with Gasteiger partial charge in [0.25, 0.3) is 0 Å². The predicted molar refractivity (Wildman–Crippen MR) is 85.0 cm³/mol. The van der Waals surface area contributed by atoms with E-state index in [0.29, 0.717) is 16.5 Å². The minimum atomic E-state index is -0.550. The van der Waals surface area contributed by atoms with Gasteiger partial charge in [-0.1, -0.05) is 11.6 Å². The second-order valence-corrected chi connectivity index (χ2v) is 6.61. The minimum Gasteiger partial charge on any atom is -0.496 e. The second kappa shape index (κ2) is 5.38. The van der Waals surface area contributed by atoms with Crippen molar-refractivity contribution in [2.24, 2.45) is 0 Å². The molecule has 0 aliphatic carbocycles. The smallest absolute Gasteiger partial charge is 0.496 e. The van der Waals surface area contributed by atoms with E-state index < -0.39 is 18.3 Å². The molecule has 1 saturated heterocycles. The summed E-state index contributed by atoms with van der Waals surface area (Å²) < 4.78 is 22.9. The van der Waals surface area contributed by atoms with Crippen LogP contribution in [0.4, 0.5) is 0 Å². The van der Waals surface area contributed by atoms with Crippen LogP contribution < -0.4 is 14.9 Å². The monoisotopic (exact) mass is 312 g/mol. The zero-order chi connectivity index (χ0) is 16.0. The minimum absolute atomic E-state index is 0.424. The van der Waals surface area contributed by atoms with Crippen LogP contribution in [0.25, 0.3) is 0 Å². The van der Waals surface area contributed by atoms with Gasteiger partial charge in [-0.25, -0.2) is 0 Å². The highest BCUT2D eigenvalue weighted by atomic mass is 35.5. The molecule has 0 bridgehead atoms. The third-order valence-corrected chi connectivity index (χ3v) is 4.77. The highest BCUT2D eigenvalue weighted by Crippen LogP contribution is 2.39.